The number of benzene rings is 1. The van der Waals surface area contributed by atoms with Crippen LogP contribution in [0.15, 0.2) is 41.1 Å². The first-order valence-electron chi connectivity index (χ1n) is 10.6. The van der Waals surface area contributed by atoms with Gasteiger partial charge in [-0.15, -0.1) is 23.4 Å². The van der Waals surface area contributed by atoms with Gasteiger partial charge in [0, 0.05) is 36.6 Å². The third kappa shape index (κ3) is 5.16. The van der Waals surface area contributed by atoms with Crippen molar-refractivity contribution in [2.24, 2.45) is 0 Å². The Morgan fingerprint density at radius 3 is 2.88 bits per heavy atom. The quantitative estimate of drug-likeness (QED) is 0.556. The third-order valence-corrected chi connectivity index (χ3v) is 5.65. The molecule has 0 unspecified atom stereocenters. The maximum atomic E-state index is 12.6. The van der Waals surface area contributed by atoms with Gasteiger partial charge in [0.15, 0.2) is 0 Å². The van der Waals surface area contributed by atoms with Crippen LogP contribution in [0, 0.1) is 0 Å². The molecule has 0 spiro atoms. The molecule has 0 bridgehead atoms. The lowest BCUT2D eigenvalue weighted by Crippen LogP contribution is -2.36. The summed E-state index contributed by atoms with van der Waals surface area (Å²) in [5.41, 5.74) is 1.13. The second-order valence-electron chi connectivity index (χ2n) is 8.22. The number of hydrogen-bond donors (Lipinski definition) is 2. The van der Waals surface area contributed by atoms with Crippen LogP contribution in [0.5, 0.6) is 5.75 Å². The summed E-state index contributed by atoms with van der Waals surface area (Å²) in [6, 6.07) is 5.94. The van der Waals surface area contributed by atoms with Gasteiger partial charge in [0.05, 0.1) is 6.54 Å². The highest BCUT2D eigenvalue weighted by atomic mass is 19.4. The molecule has 1 aliphatic heterocycles. The molecule has 2 N–H and O–H groups in total. The Bertz CT molecular complexity index is 1130. The molecule has 33 heavy (non-hydrogen) atoms. The predicted octanol–water partition coefficient (Wildman–Crippen LogP) is 2.87. The molecule has 2 aromatic heterocycles. The van der Waals surface area contributed by atoms with E-state index in [9.17, 15) is 18.0 Å². The van der Waals surface area contributed by atoms with Crippen molar-refractivity contribution >= 4 is 5.91 Å². The molecule has 1 saturated heterocycles. The van der Waals surface area contributed by atoms with E-state index < -0.39 is 12.3 Å². The van der Waals surface area contributed by atoms with Gasteiger partial charge < -0.3 is 19.8 Å². The van der Waals surface area contributed by atoms with Crippen molar-refractivity contribution in [1.29, 1.82) is 0 Å². The first-order valence-corrected chi connectivity index (χ1v) is 10.6. The molecule has 2 fully saturated rings. The molecule has 1 amide bonds. The van der Waals surface area contributed by atoms with E-state index in [0.29, 0.717) is 25.1 Å². The van der Waals surface area contributed by atoms with Crippen molar-refractivity contribution in [2.75, 3.05) is 6.54 Å². The highest BCUT2D eigenvalue weighted by molar-refractivity contribution is 5.90. The normalized spacial score (nSPS) is 20.7. The van der Waals surface area contributed by atoms with Crippen LogP contribution in [0.1, 0.15) is 41.4 Å². The summed E-state index contributed by atoms with van der Waals surface area (Å²) in [4.78, 5) is 12.6. The summed E-state index contributed by atoms with van der Waals surface area (Å²) in [7, 11) is 0. The zero-order valence-corrected chi connectivity index (χ0v) is 17.4. The first-order chi connectivity index (χ1) is 15.8. The highest BCUT2D eigenvalue weighted by Gasteiger charge is 2.34. The van der Waals surface area contributed by atoms with Crippen molar-refractivity contribution in [1.82, 2.24) is 30.6 Å². The molecule has 1 aliphatic carbocycles. The highest BCUT2D eigenvalue weighted by Crippen LogP contribution is 2.45. The second kappa shape index (κ2) is 8.50. The number of amides is 1. The number of carbonyl (C=O) groups excluding carboxylic acids is 1. The number of hydrogen-bond acceptors (Lipinski definition) is 7. The van der Waals surface area contributed by atoms with Gasteiger partial charge in [-0.1, -0.05) is 6.07 Å². The minimum Gasteiger partial charge on any atom is -0.412 e. The average Bonchev–Trinajstić information content (AvgIpc) is 3.15. The van der Waals surface area contributed by atoms with Gasteiger partial charge in [-0.3, -0.25) is 9.48 Å². The Kier molecular flexibility index (Phi) is 5.52. The molecule has 2 atom stereocenters. The lowest BCUT2D eigenvalue weighted by molar-refractivity contribution is -0.274. The average molecular weight is 462 g/mol. The van der Waals surface area contributed by atoms with E-state index in [1.165, 1.54) is 12.1 Å². The van der Waals surface area contributed by atoms with Crippen molar-refractivity contribution in [3.05, 3.63) is 48.1 Å². The van der Waals surface area contributed by atoms with Crippen LogP contribution in [-0.2, 0) is 6.54 Å². The van der Waals surface area contributed by atoms with Gasteiger partial charge in [-0.05, 0) is 48.9 Å². The van der Waals surface area contributed by atoms with Gasteiger partial charge in [-0.2, -0.15) is 5.10 Å². The fourth-order valence-electron chi connectivity index (χ4n) is 4.04. The number of nitrogens with one attached hydrogen (secondary N) is 2. The standard InChI is InChI=1S/C21H21F3N6O3/c22-21(23,24)33-15-4-5-16(12-2-3-12)17(9-15)19-28-29-20(32-19)18(31)27-13-8-14(25-10-13)11-30-7-1-6-26-30/h1,4-7,9,12-14,25H,2-3,8,10-11H2,(H,27,31)/t13-,14+/m1/s1. The minimum atomic E-state index is -4.82. The summed E-state index contributed by atoms with van der Waals surface area (Å²) in [6.07, 6.45) is 1.31. The lowest BCUT2D eigenvalue weighted by atomic mass is 10.0. The molecule has 1 aromatic carbocycles. The van der Waals surface area contributed by atoms with Gasteiger partial charge in [0.1, 0.15) is 5.75 Å². The Labute approximate surface area is 186 Å². The van der Waals surface area contributed by atoms with Crippen molar-refractivity contribution in [3.63, 3.8) is 0 Å². The lowest BCUT2D eigenvalue weighted by Gasteiger charge is -2.12. The Balaban J connectivity index is 1.27. The molecule has 3 aromatic rings. The molecule has 9 nitrogen and oxygen atoms in total. The topological polar surface area (TPSA) is 107 Å². The van der Waals surface area contributed by atoms with E-state index in [2.05, 4.69) is 30.7 Å². The van der Waals surface area contributed by atoms with Crippen LogP contribution >= 0.6 is 0 Å². The molecule has 0 radical (unpaired) electrons. The van der Waals surface area contributed by atoms with Gasteiger partial charge in [0.25, 0.3) is 0 Å². The molecule has 5 rings (SSSR count). The summed E-state index contributed by atoms with van der Waals surface area (Å²) >= 11 is 0. The fourth-order valence-corrected chi connectivity index (χ4v) is 4.04. The number of carbonyl (C=O) groups is 1. The van der Waals surface area contributed by atoms with Crippen molar-refractivity contribution in [3.8, 4) is 17.2 Å². The molecular weight excluding hydrogens is 441 g/mol. The molecule has 1 saturated carbocycles. The van der Waals surface area contributed by atoms with E-state index in [-0.39, 0.29) is 35.5 Å². The van der Waals surface area contributed by atoms with E-state index in [1.54, 1.807) is 12.3 Å². The maximum Gasteiger partial charge on any atom is 0.573 e. The number of nitrogens with zero attached hydrogens (tertiary/aromatic N) is 4. The fraction of sp³-hybridized carbons (Fsp3) is 0.429. The smallest absolute Gasteiger partial charge is 0.412 e. The molecule has 12 heteroatoms. The molecule has 174 valence electrons. The Hall–Kier alpha value is -3.41. The van der Waals surface area contributed by atoms with Crippen LogP contribution in [-0.4, -0.2) is 50.9 Å². The van der Waals surface area contributed by atoms with Crippen LogP contribution in [0.3, 0.4) is 0 Å². The molecule has 3 heterocycles. The summed E-state index contributed by atoms with van der Waals surface area (Å²) in [5.74, 6) is -0.970. The van der Waals surface area contributed by atoms with Crippen molar-refractivity contribution < 1.29 is 27.1 Å². The zero-order valence-electron chi connectivity index (χ0n) is 17.4. The van der Waals surface area contributed by atoms with Gasteiger partial charge in [0.2, 0.25) is 5.89 Å². The van der Waals surface area contributed by atoms with Crippen LogP contribution in [0.25, 0.3) is 11.5 Å². The van der Waals surface area contributed by atoms with Gasteiger partial charge in [-0.25, -0.2) is 0 Å². The van der Waals surface area contributed by atoms with E-state index in [4.69, 9.17) is 4.42 Å². The summed E-state index contributed by atoms with van der Waals surface area (Å²) in [6.45, 7) is 1.27. The SMILES string of the molecule is O=C(N[C@H]1CN[C@H](Cn2cccn2)C1)c1nnc(-c2cc(OC(F)(F)F)ccc2C2CC2)o1. The second-order valence-corrected chi connectivity index (χ2v) is 8.22. The third-order valence-electron chi connectivity index (χ3n) is 5.65. The van der Waals surface area contributed by atoms with E-state index in [1.807, 2.05) is 16.9 Å². The predicted molar refractivity (Wildman–Crippen MR) is 108 cm³/mol. The first kappa shape index (κ1) is 21.4. The van der Waals surface area contributed by atoms with Crippen LogP contribution < -0.4 is 15.4 Å². The number of aromatic nitrogens is 4. The van der Waals surface area contributed by atoms with Crippen LogP contribution in [0.4, 0.5) is 13.2 Å². The number of halogens is 3. The maximum absolute atomic E-state index is 12.6. The number of ether oxygens (including phenoxy) is 1. The zero-order chi connectivity index (χ0) is 23.0. The van der Waals surface area contributed by atoms with E-state index in [0.717, 1.165) is 18.4 Å². The Morgan fingerprint density at radius 2 is 2.15 bits per heavy atom. The van der Waals surface area contributed by atoms with Gasteiger partial charge >= 0.3 is 18.2 Å². The minimum absolute atomic E-state index is 0.0178. The van der Waals surface area contributed by atoms with Crippen LogP contribution in [0.2, 0.25) is 0 Å². The Morgan fingerprint density at radius 1 is 1.30 bits per heavy atom. The monoisotopic (exact) mass is 462 g/mol. The summed E-state index contributed by atoms with van der Waals surface area (Å²) < 4.78 is 49.3. The number of alkyl halides is 3. The number of rotatable bonds is 7. The largest absolute Gasteiger partial charge is 0.573 e. The van der Waals surface area contributed by atoms with Crippen molar-refractivity contribution in [2.45, 2.75) is 50.2 Å². The molecular formula is C21H21F3N6O3. The molecule has 2 aliphatic rings. The summed E-state index contributed by atoms with van der Waals surface area (Å²) in [5, 5.41) is 18.1. The van der Waals surface area contributed by atoms with E-state index >= 15 is 0 Å².